The summed E-state index contributed by atoms with van der Waals surface area (Å²) >= 11 is 1.79. The topological polar surface area (TPSA) is 46.0 Å². The van der Waals surface area contributed by atoms with Crippen molar-refractivity contribution in [3.63, 3.8) is 0 Å². The second-order valence-corrected chi connectivity index (χ2v) is 8.74. The summed E-state index contributed by atoms with van der Waals surface area (Å²) in [6.07, 6.45) is 0. The fourth-order valence-corrected chi connectivity index (χ4v) is 4.97. The number of ether oxygens (including phenoxy) is 1. The molecular formula is C22H32N3O2S+. The van der Waals surface area contributed by atoms with E-state index in [4.69, 9.17) is 4.74 Å². The fraction of sp³-hybridized carbons (Fsp3) is 0.500. The molecule has 28 heavy (non-hydrogen) atoms. The van der Waals surface area contributed by atoms with Crippen molar-refractivity contribution in [2.45, 2.75) is 32.9 Å². The molecule has 1 fully saturated rings. The van der Waals surface area contributed by atoms with E-state index in [9.17, 15) is 4.79 Å². The molecule has 2 N–H and O–H groups in total. The van der Waals surface area contributed by atoms with Crippen LogP contribution >= 0.6 is 11.3 Å². The van der Waals surface area contributed by atoms with Gasteiger partial charge in [0.15, 0.2) is 0 Å². The molecule has 152 valence electrons. The Balaban J connectivity index is 1.72. The van der Waals surface area contributed by atoms with E-state index < -0.39 is 0 Å². The number of piperazine rings is 1. The smallest absolute Gasteiger partial charge is 0.222 e. The number of anilines is 1. The molecule has 1 aliphatic heterocycles. The van der Waals surface area contributed by atoms with Gasteiger partial charge in [0.2, 0.25) is 5.91 Å². The first kappa shape index (κ1) is 20.7. The van der Waals surface area contributed by atoms with Crippen LogP contribution in [0.3, 0.4) is 0 Å². The zero-order valence-electron chi connectivity index (χ0n) is 17.3. The highest BCUT2D eigenvalue weighted by atomic mass is 32.1. The highest BCUT2D eigenvalue weighted by molar-refractivity contribution is 7.10. The van der Waals surface area contributed by atoms with Gasteiger partial charge in [0, 0.05) is 5.92 Å². The van der Waals surface area contributed by atoms with Crippen molar-refractivity contribution in [2.24, 2.45) is 5.92 Å². The molecular weight excluding hydrogens is 370 g/mol. The average molecular weight is 403 g/mol. The van der Waals surface area contributed by atoms with Gasteiger partial charge in [0.1, 0.15) is 11.8 Å². The zero-order valence-corrected chi connectivity index (χ0v) is 18.1. The van der Waals surface area contributed by atoms with Gasteiger partial charge in [0.25, 0.3) is 0 Å². The number of nitrogens with zero attached hydrogens (tertiary/aromatic N) is 1. The number of nitrogens with one attached hydrogen (secondary N) is 2. The molecule has 1 aliphatic rings. The maximum Gasteiger partial charge on any atom is 0.222 e. The van der Waals surface area contributed by atoms with Crippen molar-refractivity contribution in [2.75, 3.05) is 38.2 Å². The number of quaternary nitrogens is 1. The van der Waals surface area contributed by atoms with E-state index in [2.05, 4.69) is 46.8 Å². The lowest BCUT2D eigenvalue weighted by molar-refractivity contribution is -0.933. The lowest BCUT2D eigenvalue weighted by Gasteiger charge is -2.39. The second kappa shape index (κ2) is 9.43. The van der Waals surface area contributed by atoms with Crippen LogP contribution in [0.15, 0.2) is 41.8 Å². The quantitative estimate of drug-likeness (QED) is 0.747. The summed E-state index contributed by atoms with van der Waals surface area (Å²) in [5.41, 5.74) is 1.16. The summed E-state index contributed by atoms with van der Waals surface area (Å²) in [5, 5.41) is 5.37. The molecule has 1 saturated heterocycles. The summed E-state index contributed by atoms with van der Waals surface area (Å²) in [7, 11) is 1.73. The minimum absolute atomic E-state index is 0.00354. The van der Waals surface area contributed by atoms with Crippen LogP contribution in [0.1, 0.15) is 31.7 Å². The number of para-hydroxylation sites is 2. The molecule has 0 saturated carbocycles. The number of carbonyl (C=O) groups is 1. The first-order chi connectivity index (χ1) is 13.5. The first-order valence-electron chi connectivity index (χ1n) is 10.1. The molecule has 0 unspecified atom stereocenters. The highest BCUT2D eigenvalue weighted by Gasteiger charge is 2.35. The third-order valence-electron chi connectivity index (χ3n) is 5.52. The number of rotatable bonds is 7. The van der Waals surface area contributed by atoms with E-state index >= 15 is 0 Å². The summed E-state index contributed by atoms with van der Waals surface area (Å²) in [4.78, 5) is 17.6. The van der Waals surface area contributed by atoms with Gasteiger partial charge >= 0.3 is 0 Å². The third-order valence-corrected chi connectivity index (χ3v) is 6.47. The van der Waals surface area contributed by atoms with E-state index in [0.717, 1.165) is 37.6 Å². The standard InChI is InChI=1S/C22H31N3O2S/c1-16(2)22(26)23-17(3)21(20-10-7-15-28-20)25-13-11-24(12-14-25)18-8-5-6-9-19(18)27-4/h5-10,15-17,21H,11-14H2,1-4H3,(H,23,26)/p+1/t17-,21+/m1/s1. The summed E-state index contributed by atoms with van der Waals surface area (Å²) in [5.74, 6) is 1.06. The van der Waals surface area contributed by atoms with Gasteiger partial charge < -0.3 is 19.9 Å². The number of methoxy groups -OCH3 is 1. The average Bonchev–Trinajstić information content (AvgIpc) is 3.22. The molecule has 1 amide bonds. The Hall–Kier alpha value is -2.05. The Morgan fingerprint density at radius 2 is 1.86 bits per heavy atom. The van der Waals surface area contributed by atoms with Crippen LogP contribution in [-0.4, -0.2) is 45.2 Å². The van der Waals surface area contributed by atoms with Crippen molar-refractivity contribution >= 4 is 22.9 Å². The lowest BCUT2D eigenvalue weighted by atomic mass is 10.0. The van der Waals surface area contributed by atoms with Crippen LogP contribution in [0.2, 0.25) is 0 Å². The van der Waals surface area contributed by atoms with Crippen molar-refractivity contribution < 1.29 is 14.4 Å². The molecule has 6 heteroatoms. The fourth-order valence-electron chi connectivity index (χ4n) is 3.98. The van der Waals surface area contributed by atoms with Crippen molar-refractivity contribution in [3.8, 4) is 5.75 Å². The molecule has 2 aromatic rings. The van der Waals surface area contributed by atoms with Crippen LogP contribution in [-0.2, 0) is 4.79 Å². The molecule has 5 nitrogen and oxygen atoms in total. The molecule has 1 aromatic carbocycles. The summed E-state index contributed by atoms with van der Waals surface area (Å²) in [6.45, 7) is 10.0. The minimum atomic E-state index is 0.00354. The second-order valence-electron chi connectivity index (χ2n) is 7.76. The maximum atomic E-state index is 12.3. The monoisotopic (exact) mass is 402 g/mol. The number of benzene rings is 1. The van der Waals surface area contributed by atoms with Crippen LogP contribution in [0.5, 0.6) is 5.75 Å². The van der Waals surface area contributed by atoms with Crippen LogP contribution in [0, 0.1) is 5.92 Å². The minimum Gasteiger partial charge on any atom is -0.495 e. The first-order valence-corrected chi connectivity index (χ1v) is 11.0. The third kappa shape index (κ3) is 4.67. The van der Waals surface area contributed by atoms with Crippen LogP contribution in [0.4, 0.5) is 5.69 Å². The molecule has 1 aromatic heterocycles. The number of hydrogen-bond donors (Lipinski definition) is 2. The molecule has 0 bridgehead atoms. The lowest BCUT2D eigenvalue weighted by Crippen LogP contribution is -3.16. The predicted octanol–water partition coefficient (Wildman–Crippen LogP) is 2.36. The highest BCUT2D eigenvalue weighted by Crippen LogP contribution is 2.28. The van der Waals surface area contributed by atoms with Gasteiger partial charge in [-0.3, -0.25) is 4.79 Å². The zero-order chi connectivity index (χ0) is 20.1. The van der Waals surface area contributed by atoms with E-state index in [0.29, 0.717) is 0 Å². The van der Waals surface area contributed by atoms with Gasteiger partial charge in [0.05, 0.1) is 49.9 Å². The summed E-state index contributed by atoms with van der Waals surface area (Å²) in [6, 6.07) is 12.9. The maximum absolute atomic E-state index is 12.3. The molecule has 0 radical (unpaired) electrons. The number of hydrogen-bond acceptors (Lipinski definition) is 4. The molecule has 2 heterocycles. The molecule has 0 aliphatic carbocycles. The largest absolute Gasteiger partial charge is 0.495 e. The van der Waals surface area contributed by atoms with Gasteiger partial charge in [-0.05, 0) is 30.5 Å². The number of carbonyl (C=O) groups excluding carboxylic acids is 1. The normalized spacial score (nSPS) is 17.4. The van der Waals surface area contributed by atoms with Crippen LogP contribution in [0.25, 0.3) is 0 Å². The summed E-state index contributed by atoms with van der Waals surface area (Å²) < 4.78 is 5.54. The molecule has 2 atom stereocenters. The Labute approximate surface area is 172 Å². The molecule has 3 rings (SSSR count). The molecule has 0 spiro atoms. The number of amides is 1. The van der Waals surface area contributed by atoms with E-state index in [1.807, 2.05) is 26.0 Å². The van der Waals surface area contributed by atoms with Crippen molar-refractivity contribution in [3.05, 3.63) is 46.7 Å². The van der Waals surface area contributed by atoms with E-state index in [1.54, 1.807) is 18.4 Å². The Morgan fingerprint density at radius 1 is 1.14 bits per heavy atom. The van der Waals surface area contributed by atoms with Gasteiger partial charge in [-0.25, -0.2) is 0 Å². The Morgan fingerprint density at radius 3 is 2.46 bits per heavy atom. The van der Waals surface area contributed by atoms with Gasteiger partial charge in [-0.2, -0.15) is 0 Å². The Kier molecular flexibility index (Phi) is 6.97. The SMILES string of the molecule is COc1ccccc1N1CC[NH+]([C@H](c2cccs2)[C@@H](C)NC(=O)C(C)C)CC1. The van der Waals surface area contributed by atoms with E-state index in [1.165, 1.54) is 9.78 Å². The van der Waals surface area contributed by atoms with Crippen molar-refractivity contribution in [1.82, 2.24) is 5.32 Å². The predicted molar refractivity (Wildman–Crippen MR) is 115 cm³/mol. The van der Waals surface area contributed by atoms with Gasteiger partial charge in [-0.1, -0.05) is 32.0 Å². The Bertz CT molecular complexity index is 755. The van der Waals surface area contributed by atoms with E-state index in [-0.39, 0.29) is 23.9 Å². The van der Waals surface area contributed by atoms with Crippen LogP contribution < -0.4 is 19.9 Å². The van der Waals surface area contributed by atoms with Crippen molar-refractivity contribution in [1.29, 1.82) is 0 Å². The van der Waals surface area contributed by atoms with Gasteiger partial charge in [-0.15, -0.1) is 11.3 Å². The number of thiophene rings is 1.